The lowest BCUT2D eigenvalue weighted by Gasteiger charge is -2.11. The van der Waals surface area contributed by atoms with Crippen LogP contribution in [0.15, 0.2) is 70.4 Å². The van der Waals surface area contributed by atoms with Gasteiger partial charge >= 0.3 is 0 Å². The van der Waals surface area contributed by atoms with Crippen molar-refractivity contribution in [1.82, 2.24) is 14.5 Å². The van der Waals surface area contributed by atoms with Crippen LogP contribution in [0.4, 0.5) is 0 Å². The van der Waals surface area contributed by atoms with Crippen LogP contribution < -0.4 is 19.8 Å². The number of hydrogen-bond acceptors (Lipinski definition) is 6. The molecule has 0 spiro atoms. The van der Waals surface area contributed by atoms with Gasteiger partial charge in [-0.1, -0.05) is 12.1 Å². The highest BCUT2D eigenvalue weighted by atomic mass is 32.2. The van der Waals surface area contributed by atoms with Gasteiger partial charge < -0.3 is 9.47 Å². The third kappa shape index (κ3) is 4.82. The number of hydrogen-bond donors (Lipinski definition) is 1. The molecular weight excluding hydrogens is 394 g/mol. The van der Waals surface area contributed by atoms with Crippen molar-refractivity contribution in [3.63, 3.8) is 0 Å². The fraction of sp³-hybridized carbons (Fsp3) is 0.200. The van der Waals surface area contributed by atoms with E-state index in [1.807, 2.05) is 12.1 Å². The summed E-state index contributed by atoms with van der Waals surface area (Å²) < 4.78 is 39.0. The molecule has 0 aliphatic carbocycles. The second-order valence-electron chi connectivity index (χ2n) is 6.06. The fourth-order valence-electron chi connectivity index (χ4n) is 2.73. The number of nitrogens with zero attached hydrogens (tertiary/aromatic N) is 2. The largest absolute Gasteiger partial charge is 0.497 e. The summed E-state index contributed by atoms with van der Waals surface area (Å²) in [6.07, 6.45) is 0. The normalized spacial score (nSPS) is 11.2. The average molecular weight is 415 g/mol. The molecule has 8 nitrogen and oxygen atoms in total. The summed E-state index contributed by atoms with van der Waals surface area (Å²) in [5.74, 6) is 0.963. The second-order valence-corrected chi connectivity index (χ2v) is 7.79. The van der Waals surface area contributed by atoms with Crippen LogP contribution in [-0.2, 0) is 16.6 Å². The summed E-state index contributed by atoms with van der Waals surface area (Å²) in [5.41, 5.74) is 1.09. The lowest BCUT2D eigenvalue weighted by molar-refractivity contribution is 0.402. The van der Waals surface area contributed by atoms with E-state index < -0.39 is 10.0 Å². The van der Waals surface area contributed by atoms with Gasteiger partial charge in [0.05, 0.1) is 26.5 Å². The van der Waals surface area contributed by atoms with Gasteiger partial charge in [0.2, 0.25) is 10.0 Å². The summed E-state index contributed by atoms with van der Waals surface area (Å²) in [4.78, 5) is 12.1. The molecule has 1 aromatic heterocycles. The molecule has 0 unspecified atom stereocenters. The molecule has 9 heteroatoms. The summed E-state index contributed by atoms with van der Waals surface area (Å²) in [6.45, 7) is 0.0799. The Kier molecular flexibility index (Phi) is 6.30. The molecule has 0 bridgehead atoms. The zero-order chi connectivity index (χ0) is 20.9. The molecule has 152 valence electrons. The van der Waals surface area contributed by atoms with Crippen molar-refractivity contribution in [2.24, 2.45) is 0 Å². The van der Waals surface area contributed by atoms with Gasteiger partial charge in [-0.3, -0.25) is 4.79 Å². The molecule has 29 heavy (non-hydrogen) atoms. The summed E-state index contributed by atoms with van der Waals surface area (Å²) in [5, 5.41) is 4.33. The second kappa shape index (κ2) is 8.89. The third-order valence-electron chi connectivity index (χ3n) is 4.23. The van der Waals surface area contributed by atoms with Gasteiger partial charge in [0, 0.05) is 18.2 Å². The van der Waals surface area contributed by atoms with Crippen molar-refractivity contribution in [3.05, 3.63) is 71.0 Å². The highest BCUT2D eigenvalue weighted by molar-refractivity contribution is 7.89. The fourth-order valence-corrected chi connectivity index (χ4v) is 3.92. The predicted octanol–water partition coefficient (Wildman–Crippen LogP) is 1.91. The van der Waals surface area contributed by atoms with Crippen molar-refractivity contribution in [1.29, 1.82) is 0 Å². The van der Waals surface area contributed by atoms with E-state index in [2.05, 4.69) is 9.82 Å². The van der Waals surface area contributed by atoms with Crippen molar-refractivity contribution in [2.75, 3.05) is 20.8 Å². The standard InChI is InChI=1S/C20H21N3O5S/c1-27-16-9-7-15(8-10-16)17-11-12-20(24)23(22-17)14-13-21-29(25,26)19-6-4-3-5-18(19)28-2/h3-12,21H,13-14H2,1-2H3. The number of rotatable bonds is 8. The Morgan fingerprint density at radius 3 is 2.38 bits per heavy atom. The molecular formula is C20H21N3O5S. The van der Waals surface area contributed by atoms with Crippen molar-refractivity contribution in [2.45, 2.75) is 11.4 Å². The number of methoxy groups -OCH3 is 2. The Hall–Kier alpha value is -3.17. The van der Waals surface area contributed by atoms with E-state index >= 15 is 0 Å². The number of benzene rings is 2. The Morgan fingerprint density at radius 1 is 0.966 bits per heavy atom. The number of sulfonamides is 1. The van der Waals surface area contributed by atoms with Crippen LogP contribution in [-0.4, -0.2) is 39.0 Å². The van der Waals surface area contributed by atoms with Gasteiger partial charge in [-0.25, -0.2) is 17.8 Å². The monoisotopic (exact) mass is 415 g/mol. The van der Waals surface area contributed by atoms with Crippen LogP contribution >= 0.6 is 0 Å². The van der Waals surface area contributed by atoms with Crippen LogP contribution in [0, 0.1) is 0 Å². The van der Waals surface area contributed by atoms with Crippen molar-refractivity contribution in [3.8, 4) is 22.8 Å². The van der Waals surface area contributed by atoms with Crippen molar-refractivity contribution < 1.29 is 17.9 Å². The van der Waals surface area contributed by atoms with Crippen molar-refractivity contribution >= 4 is 10.0 Å². The minimum Gasteiger partial charge on any atom is -0.497 e. The average Bonchev–Trinajstić information content (AvgIpc) is 2.75. The Labute approximate surface area is 168 Å². The number of aromatic nitrogens is 2. The highest BCUT2D eigenvalue weighted by Gasteiger charge is 2.18. The molecule has 0 aliphatic heterocycles. The minimum absolute atomic E-state index is 0.000640. The molecule has 0 radical (unpaired) electrons. The maximum atomic E-state index is 12.5. The molecule has 1 heterocycles. The molecule has 0 saturated carbocycles. The lowest BCUT2D eigenvalue weighted by atomic mass is 10.1. The number of nitrogens with one attached hydrogen (secondary N) is 1. The van der Waals surface area contributed by atoms with E-state index in [0.717, 1.165) is 5.56 Å². The van der Waals surface area contributed by atoms with Gasteiger partial charge in [-0.05, 0) is 42.5 Å². The zero-order valence-corrected chi connectivity index (χ0v) is 16.8. The molecule has 0 fully saturated rings. The molecule has 0 amide bonds. The first-order chi connectivity index (χ1) is 13.9. The van der Waals surface area contributed by atoms with Crippen LogP contribution in [0.1, 0.15) is 0 Å². The molecule has 3 rings (SSSR count). The minimum atomic E-state index is -3.79. The Bertz CT molecular complexity index is 1140. The SMILES string of the molecule is COc1ccc(-c2ccc(=O)n(CCNS(=O)(=O)c3ccccc3OC)n2)cc1. The molecule has 0 saturated heterocycles. The van der Waals surface area contributed by atoms with Gasteiger partial charge in [0.25, 0.3) is 5.56 Å². The number of ether oxygens (including phenoxy) is 2. The predicted molar refractivity (Wildman–Crippen MR) is 109 cm³/mol. The number of para-hydroxylation sites is 1. The van der Waals surface area contributed by atoms with Crippen LogP contribution in [0.5, 0.6) is 11.5 Å². The Balaban J connectivity index is 1.74. The first kappa shape index (κ1) is 20.6. The molecule has 0 aliphatic rings. The first-order valence-electron chi connectivity index (χ1n) is 8.80. The maximum absolute atomic E-state index is 12.5. The topological polar surface area (TPSA) is 99.5 Å². The van der Waals surface area contributed by atoms with Gasteiger partial charge in [-0.2, -0.15) is 5.10 Å². The molecule has 0 atom stereocenters. The first-order valence-corrected chi connectivity index (χ1v) is 10.3. The van der Waals surface area contributed by atoms with Crippen LogP contribution in [0.25, 0.3) is 11.3 Å². The smallest absolute Gasteiger partial charge is 0.266 e. The van der Waals surface area contributed by atoms with Crippen LogP contribution in [0.2, 0.25) is 0 Å². The highest BCUT2D eigenvalue weighted by Crippen LogP contribution is 2.22. The maximum Gasteiger partial charge on any atom is 0.266 e. The van der Waals surface area contributed by atoms with Gasteiger partial charge in [0.1, 0.15) is 16.4 Å². The Morgan fingerprint density at radius 2 is 1.69 bits per heavy atom. The van der Waals surface area contributed by atoms with Gasteiger partial charge in [0.15, 0.2) is 0 Å². The molecule has 3 aromatic rings. The molecule has 2 aromatic carbocycles. The van der Waals surface area contributed by atoms with Crippen LogP contribution in [0.3, 0.4) is 0 Å². The third-order valence-corrected chi connectivity index (χ3v) is 5.73. The van der Waals surface area contributed by atoms with Gasteiger partial charge in [-0.15, -0.1) is 0 Å². The quantitative estimate of drug-likeness (QED) is 0.603. The van der Waals surface area contributed by atoms with E-state index in [0.29, 0.717) is 11.4 Å². The lowest BCUT2D eigenvalue weighted by Crippen LogP contribution is -2.32. The summed E-state index contributed by atoms with van der Waals surface area (Å²) in [6, 6.07) is 16.6. The summed E-state index contributed by atoms with van der Waals surface area (Å²) >= 11 is 0. The van der Waals surface area contributed by atoms with E-state index in [-0.39, 0.29) is 29.3 Å². The van der Waals surface area contributed by atoms with E-state index in [4.69, 9.17) is 9.47 Å². The zero-order valence-electron chi connectivity index (χ0n) is 16.0. The summed E-state index contributed by atoms with van der Waals surface area (Å²) in [7, 11) is -0.800. The van der Waals surface area contributed by atoms with E-state index in [1.165, 1.54) is 23.9 Å². The van der Waals surface area contributed by atoms with E-state index in [9.17, 15) is 13.2 Å². The molecule has 1 N–H and O–H groups in total. The van der Waals surface area contributed by atoms with E-state index in [1.54, 1.807) is 43.5 Å².